The van der Waals surface area contributed by atoms with Crippen LogP contribution in [0.5, 0.6) is 0 Å². The molecule has 0 radical (unpaired) electrons. The van der Waals surface area contributed by atoms with Crippen LogP contribution in [0.2, 0.25) is 0 Å². The standard InChI is InChI=1S/C15H14ClNO2/c1-9-4-2-3-5-13(9)17-14(18)11-7-6-10(16)8-12(11)15(17)19/h2-6,11-12H,7-8H2,1H3/t11-,12+/m0/s1. The summed E-state index contributed by atoms with van der Waals surface area (Å²) >= 11 is 6.00. The second-order valence-electron chi connectivity index (χ2n) is 5.10. The Balaban J connectivity index is 2.00. The lowest BCUT2D eigenvalue weighted by atomic mass is 9.85. The highest BCUT2D eigenvalue weighted by Crippen LogP contribution is 2.41. The summed E-state index contributed by atoms with van der Waals surface area (Å²) in [5.74, 6) is -0.737. The van der Waals surface area contributed by atoms with Gasteiger partial charge < -0.3 is 0 Å². The highest BCUT2D eigenvalue weighted by molar-refractivity contribution is 6.30. The van der Waals surface area contributed by atoms with Crippen LogP contribution in [0.25, 0.3) is 0 Å². The van der Waals surface area contributed by atoms with Crippen LogP contribution in [-0.2, 0) is 9.59 Å². The minimum Gasteiger partial charge on any atom is -0.274 e. The molecule has 1 aliphatic carbocycles. The molecule has 0 N–H and O–H groups in total. The maximum Gasteiger partial charge on any atom is 0.238 e. The molecule has 2 amide bonds. The van der Waals surface area contributed by atoms with Crippen molar-refractivity contribution in [2.75, 3.05) is 4.90 Å². The van der Waals surface area contributed by atoms with Crippen LogP contribution in [0, 0.1) is 18.8 Å². The quantitative estimate of drug-likeness (QED) is 0.739. The number of halogens is 1. The number of carbonyl (C=O) groups is 2. The largest absolute Gasteiger partial charge is 0.274 e. The summed E-state index contributed by atoms with van der Waals surface area (Å²) in [4.78, 5) is 26.3. The third-order valence-corrected chi connectivity index (χ3v) is 4.23. The van der Waals surface area contributed by atoms with E-state index in [0.29, 0.717) is 23.6 Å². The van der Waals surface area contributed by atoms with E-state index >= 15 is 0 Å². The zero-order chi connectivity index (χ0) is 13.6. The molecule has 1 heterocycles. The Morgan fingerprint density at radius 1 is 1.16 bits per heavy atom. The summed E-state index contributed by atoms with van der Waals surface area (Å²) in [5.41, 5.74) is 1.63. The molecule has 4 heteroatoms. The average Bonchev–Trinajstić information content (AvgIpc) is 2.63. The normalized spacial score (nSPS) is 26.4. The molecule has 0 unspecified atom stereocenters. The summed E-state index contributed by atoms with van der Waals surface area (Å²) < 4.78 is 0. The molecule has 0 saturated carbocycles. The topological polar surface area (TPSA) is 37.4 Å². The van der Waals surface area contributed by atoms with Crippen molar-refractivity contribution in [1.29, 1.82) is 0 Å². The summed E-state index contributed by atoms with van der Waals surface area (Å²) in [7, 11) is 0. The van der Waals surface area contributed by atoms with Crippen molar-refractivity contribution in [3.8, 4) is 0 Å². The Bertz CT molecular complexity index is 594. The van der Waals surface area contributed by atoms with Gasteiger partial charge in [-0.15, -0.1) is 0 Å². The zero-order valence-corrected chi connectivity index (χ0v) is 11.4. The monoisotopic (exact) mass is 275 g/mol. The fraction of sp³-hybridized carbons (Fsp3) is 0.333. The second-order valence-corrected chi connectivity index (χ2v) is 5.59. The first-order valence-corrected chi connectivity index (χ1v) is 6.75. The van der Waals surface area contributed by atoms with E-state index in [0.717, 1.165) is 5.56 Å². The van der Waals surface area contributed by atoms with Gasteiger partial charge in [0.15, 0.2) is 0 Å². The third-order valence-electron chi connectivity index (χ3n) is 3.93. The Kier molecular flexibility index (Phi) is 2.94. The van der Waals surface area contributed by atoms with E-state index in [-0.39, 0.29) is 23.7 Å². The predicted molar refractivity (Wildman–Crippen MR) is 73.8 cm³/mol. The maximum absolute atomic E-state index is 12.5. The number of carbonyl (C=O) groups excluding carboxylic acids is 2. The van der Waals surface area contributed by atoms with Crippen LogP contribution >= 0.6 is 11.6 Å². The lowest BCUT2D eigenvalue weighted by Gasteiger charge is -2.17. The molecule has 0 spiro atoms. The van der Waals surface area contributed by atoms with Gasteiger partial charge in [0.25, 0.3) is 0 Å². The van der Waals surface area contributed by atoms with Gasteiger partial charge in [-0.2, -0.15) is 0 Å². The number of rotatable bonds is 1. The number of benzene rings is 1. The van der Waals surface area contributed by atoms with Gasteiger partial charge in [-0.3, -0.25) is 9.59 Å². The van der Waals surface area contributed by atoms with Crippen molar-refractivity contribution in [1.82, 2.24) is 0 Å². The van der Waals surface area contributed by atoms with E-state index in [4.69, 9.17) is 11.6 Å². The SMILES string of the molecule is Cc1ccccc1N1C(=O)[C@H]2CC=C(Cl)C[C@H]2C1=O. The first kappa shape index (κ1) is 12.4. The highest BCUT2D eigenvalue weighted by Gasteiger charge is 2.49. The molecule has 1 fully saturated rings. The van der Waals surface area contributed by atoms with E-state index in [2.05, 4.69) is 0 Å². The molecule has 3 nitrogen and oxygen atoms in total. The van der Waals surface area contributed by atoms with E-state index in [1.165, 1.54) is 4.90 Å². The first-order valence-electron chi connectivity index (χ1n) is 6.37. The summed E-state index contributed by atoms with van der Waals surface area (Å²) in [6, 6.07) is 7.46. The van der Waals surface area contributed by atoms with Gasteiger partial charge in [0.2, 0.25) is 11.8 Å². The maximum atomic E-state index is 12.5. The van der Waals surface area contributed by atoms with Crippen molar-refractivity contribution in [2.24, 2.45) is 11.8 Å². The van der Waals surface area contributed by atoms with Crippen LogP contribution in [-0.4, -0.2) is 11.8 Å². The van der Waals surface area contributed by atoms with Crippen molar-refractivity contribution >= 4 is 29.1 Å². The van der Waals surface area contributed by atoms with Crippen molar-refractivity contribution in [3.63, 3.8) is 0 Å². The predicted octanol–water partition coefficient (Wildman–Crippen LogP) is 3.02. The fourth-order valence-electron chi connectivity index (χ4n) is 2.88. The number of allylic oxidation sites excluding steroid dienone is 2. The van der Waals surface area contributed by atoms with Crippen molar-refractivity contribution in [3.05, 3.63) is 40.9 Å². The summed E-state index contributed by atoms with van der Waals surface area (Å²) in [6.45, 7) is 1.91. The first-order chi connectivity index (χ1) is 9.09. The number of hydrogen-bond donors (Lipinski definition) is 0. The molecule has 2 atom stereocenters. The van der Waals surface area contributed by atoms with Gasteiger partial charge in [-0.05, 0) is 31.4 Å². The lowest BCUT2D eigenvalue weighted by Crippen LogP contribution is -2.31. The van der Waals surface area contributed by atoms with Gasteiger partial charge in [-0.25, -0.2) is 4.90 Å². The van der Waals surface area contributed by atoms with Crippen LogP contribution in [0.3, 0.4) is 0 Å². The Labute approximate surface area is 116 Å². The van der Waals surface area contributed by atoms with E-state index in [1.807, 2.05) is 37.3 Å². The van der Waals surface area contributed by atoms with E-state index in [9.17, 15) is 9.59 Å². The van der Waals surface area contributed by atoms with E-state index in [1.54, 1.807) is 0 Å². The van der Waals surface area contributed by atoms with E-state index < -0.39 is 0 Å². The van der Waals surface area contributed by atoms with Crippen LogP contribution in [0.4, 0.5) is 5.69 Å². The molecule has 3 rings (SSSR count). The molecule has 2 aliphatic rings. The number of nitrogens with zero attached hydrogens (tertiary/aromatic N) is 1. The number of para-hydroxylation sites is 1. The number of amides is 2. The van der Waals surface area contributed by atoms with Crippen molar-refractivity contribution in [2.45, 2.75) is 19.8 Å². The average molecular weight is 276 g/mol. The Hall–Kier alpha value is -1.61. The van der Waals surface area contributed by atoms with Crippen LogP contribution in [0.15, 0.2) is 35.4 Å². The Morgan fingerprint density at radius 3 is 2.58 bits per heavy atom. The number of fused-ring (bicyclic) bond motifs is 1. The minimum atomic E-state index is -0.287. The number of hydrogen-bond acceptors (Lipinski definition) is 2. The van der Waals surface area contributed by atoms with Gasteiger partial charge in [0.1, 0.15) is 0 Å². The zero-order valence-electron chi connectivity index (χ0n) is 10.6. The molecular formula is C15H14ClNO2. The van der Waals surface area contributed by atoms with Gasteiger partial charge in [0, 0.05) is 5.03 Å². The number of anilines is 1. The minimum absolute atomic E-state index is 0.0929. The lowest BCUT2D eigenvalue weighted by molar-refractivity contribution is -0.122. The third kappa shape index (κ3) is 1.89. The highest BCUT2D eigenvalue weighted by atomic mass is 35.5. The van der Waals surface area contributed by atoms with Crippen LogP contribution < -0.4 is 4.90 Å². The molecule has 1 aliphatic heterocycles. The molecule has 1 aromatic rings. The molecule has 1 saturated heterocycles. The summed E-state index contributed by atoms with van der Waals surface area (Å²) in [5, 5.41) is 0.689. The summed E-state index contributed by atoms with van der Waals surface area (Å²) in [6.07, 6.45) is 2.91. The van der Waals surface area contributed by atoms with Crippen molar-refractivity contribution < 1.29 is 9.59 Å². The molecule has 98 valence electrons. The fourth-order valence-corrected chi connectivity index (χ4v) is 3.13. The molecule has 0 bridgehead atoms. The number of aryl methyl sites for hydroxylation is 1. The van der Waals surface area contributed by atoms with Gasteiger partial charge in [-0.1, -0.05) is 35.9 Å². The molecular weight excluding hydrogens is 262 g/mol. The molecule has 1 aromatic carbocycles. The van der Waals surface area contributed by atoms with Gasteiger partial charge in [0.05, 0.1) is 17.5 Å². The molecule has 19 heavy (non-hydrogen) atoms. The second kappa shape index (κ2) is 4.49. The molecule has 0 aromatic heterocycles. The number of imide groups is 1. The Morgan fingerprint density at radius 2 is 1.84 bits per heavy atom. The van der Waals surface area contributed by atoms with Crippen LogP contribution in [0.1, 0.15) is 18.4 Å². The smallest absolute Gasteiger partial charge is 0.238 e. The van der Waals surface area contributed by atoms with Gasteiger partial charge >= 0.3 is 0 Å².